The van der Waals surface area contributed by atoms with Gasteiger partial charge in [0.25, 0.3) is 5.91 Å². The molecule has 0 aromatic heterocycles. The molecule has 10 nitrogen and oxygen atoms in total. The molecular weight excluding hydrogens is 526 g/mol. The molecule has 0 spiro atoms. The first-order chi connectivity index (χ1) is 19.3. The van der Waals surface area contributed by atoms with Crippen LogP contribution >= 0.6 is 0 Å². The molecule has 0 saturated carbocycles. The van der Waals surface area contributed by atoms with Crippen LogP contribution in [0.25, 0.3) is 11.1 Å². The Morgan fingerprint density at radius 3 is 2.49 bits per heavy atom. The van der Waals surface area contributed by atoms with Gasteiger partial charge in [-0.1, -0.05) is 38.1 Å². The number of rotatable bonds is 6. The van der Waals surface area contributed by atoms with Gasteiger partial charge in [-0.2, -0.15) is 0 Å². The van der Waals surface area contributed by atoms with Gasteiger partial charge in [0.05, 0.1) is 11.6 Å². The Morgan fingerprint density at radius 2 is 1.85 bits per heavy atom. The fourth-order valence-corrected chi connectivity index (χ4v) is 6.69. The number of phenolic OH excluding ortho intramolecular Hbond substituents is 1. The number of ketones is 2. The number of primary amides is 1. The summed E-state index contributed by atoms with van der Waals surface area (Å²) in [5, 5.41) is 48.3. The SMILES string of the molecule is CC(C)NCc1cccc(-c2ccc(O)c3c2C[C@H]2C[C@H]4[C@H](N(C)C)C(O)=C(C(N)=O)C(=O)[C@@]4(O)C(O)=C2C3=O)c1. The average molecular weight is 562 g/mol. The normalized spacial score (nSPS) is 25.9. The van der Waals surface area contributed by atoms with Crippen LogP contribution in [0.3, 0.4) is 0 Å². The number of aliphatic hydroxyl groups excluding tert-OH is 2. The zero-order valence-corrected chi connectivity index (χ0v) is 23.4. The molecule has 2 aromatic rings. The molecule has 0 aliphatic heterocycles. The minimum atomic E-state index is -2.66. The number of carbonyl (C=O) groups is 3. The van der Waals surface area contributed by atoms with E-state index in [4.69, 9.17) is 5.73 Å². The number of hydrogen-bond acceptors (Lipinski definition) is 9. The van der Waals surface area contributed by atoms with Crippen LogP contribution in [0.5, 0.6) is 5.75 Å². The standard InChI is InChI=1S/C31H35N3O7/c1-14(2)33-13-15-6-5-7-16(10-15)18-8-9-21(35)23-19(18)11-17-12-20-25(34(3)4)27(37)24(30(32)40)29(39)31(20,41)28(38)22(17)26(23)36/h5-10,14,17,20,25,33,35,37-38,41H,11-13H2,1-4H3,(H2,32,40)/t17-,20-,25-,31-/m0/s1. The van der Waals surface area contributed by atoms with E-state index in [1.165, 1.54) is 11.0 Å². The van der Waals surface area contributed by atoms with Gasteiger partial charge in [0.15, 0.2) is 11.4 Å². The summed E-state index contributed by atoms with van der Waals surface area (Å²) in [6.45, 7) is 4.77. The van der Waals surface area contributed by atoms with E-state index in [0.717, 1.165) is 16.7 Å². The number of allylic oxidation sites excluding steroid dienone is 1. The molecule has 0 fully saturated rings. The van der Waals surface area contributed by atoms with Gasteiger partial charge in [0.2, 0.25) is 5.78 Å². The predicted octanol–water partition coefficient (Wildman–Crippen LogP) is 2.29. The zero-order valence-electron chi connectivity index (χ0n) is 23.4. The summed E-state index contributed by atoms with van der Waals surface area (Å²) >= 11 is 0. The summed E-state index contributed by atoms with van der Waals surface area (Å²) in [7, 11) is 3.20. The minimum absolute atomic E-state index is 0.00556. The van der Waals surface area contributed by atoms with Crippen molar-refractivity contribution in [2.24, 2.45) is 17.6 Å². The third-order valence-corrected chi connectivity index (χ3v) is 8.56. The highest BCUT2D eigenvalue weighted by atomic mass is 16.3. The Bertz CT molecular complexity index is 1540. The summed E-state index contributed by atoms with van der Waals surface area (Å²) in [5.41, 5.74) is 4.97. The number of aromatic hydroxyl groups is 1. The number of hydrogen-bond donors (Lipinski definition) is 6. The van der Waals surface area contributed by atoms with Crippen molar-refractivity contribution in [2.45, 2.75) is 50.9 Å². The summed E-state index contributed by atoms with van der Waals surface area (Å²) in [5.74, 6) is -6.65. The molecule has 1 amide bonds. The molecule has 5 rings (SSSR count). The number of aliphatic hydroxyl groups is 3. The summed E-state index contributed by atoms with van der Waals surface area (Å²) in [6.07, 6.45) is 0.270. The highest BCUT2D eigenvalue weighted by Crippen LogP contribution is 2.53. The topological polar surface area (TPSA) is 173 Å². The van der Waals surface area contributed by atoms with E-state index in [1.807, 2.05) is 24.3 Å². The quantitative estimate of drug-likeness (QED) is 0.289. The molecule has 10 heteroatoms. The lowest BCUT2D eigenvalue weighted by atomic mass is 9.58. The van der Waals surface area contributed by atoms with E-state index < -0.39 is 58.0 Å². The predicted molar refractivity (Wildman–Crippen MR) is 151 cm³/mol. The Balaban J connectivity index is 1.66. The molecule has 41 heavy (non-hydrogen) atoms. The van der Waals surface area contributed by atoms with Crippen molar-refractivity contribution in [2.75, 3.05) is 14.1 Å². The Labute approximate surface area is 237 Å². The summed E-state index contributed by atoms with van der Waals surface area (Å²) in [4.78, 5) is 41.1. The van der Waals surface area contributed by atoms with Gasteiger partial charge in [-0.15, -0.1) is 0 Å². The smallest absolute Gasteiger partial charge is 0.255 e. The minimum Gasteiger partial charge on any atom is -0.510 e. The lowest BCUT2D eigenvalue weighted by molar-refractivity contribution is -0.148. The first-order valence-electron chi connectivity index (χ1n) is 13.6. The number of nitrogens with two attached hydrogens (primary N) is 1. The molecule has 2 aromatic carbocycles. The highest BCUT2D eigenvalue weighted by Gasteiger charge is 2.63. The van der Waals surface area contributed by atoms with Crippen LogP contribution in [0.1, 0.15) is 41.8 Å². The van der Waals surface area contributed by atoms with Crippen molar-refractivity contribution in [1.29, 1.82) is 0 Å². The second-order valence-corrected chi connectivity index (χ2v) is 11.7. The van der Waals surface area contributed by atoms with Crippen LogP contribution in [0.4, 0.5) is 0 Å². The number of nitrogens with one attached hydrogen (secondary N) is 1. The van der Waals surface area contributed by atoms with Crippen molar-refractivity contribution in [3.63, 3.8) is 0 Å². The number of nitrogens with zero attached hydrogens (tertiary/aromatic N) is 1. The molecule has 0 saturated heterocycles. The molecule has 3 aliphatic carbocycles. The second-order valence-electron chi connectivity index (χ2n) is 11.7. The van der Waals surface area contributed by atoms with Gasteiger partial charge >= 0.3 is 0 Å². The van der Waals surface area contributed by atoms with Crippen LogP contribution in [-0.2, 0) is 22.6 Å². The zero-order chi connectivity index (χ0) is 30.0. The molecule has 4 atom stereocenters. The van der Waals surface area contributed by atoms with E-state index in [-0.39, 0.29) is 29.7 Å². The van der Waals surface area contributed by atoms with Gasteiger partial charge in [-0.3, -0.25) is 19.3 Å². The fraction of sp³-hybridized carbons (Fsp3) is 0.387. The van der Waals surface area contributed by atoms with Gasteiger partial charge < -0.3 is 31.5 Å². The average Bonchev–Trinajstić information content (AvgIpc) is 2.89. The van der Waals surface area contributed by atoms with Crippen molar-refractivity contribution in [3.05, 3.63) is 75.8 Å². The van der Waals surface area contributed by atoms with Gasteiger partial charge in [-0.25, -0.2) is 0 Å². The van der Waals surface area contributed by atoms with Crippen LogP contribution < -0.4 is 11.1 Å². The molecule has 3 aliphatic rings. The number of phenols is 1. The van der Waals surface area contributed by atoms with Crippen LogP contribution in [0.2, 0.25) is 0 Å². The van der Waals surface area contributed by atoms with E-state index in [0.29, 0.717) is 18.2 Å². The maximum Gasteiger partial charge on any atom is 0.255 e. The summed E-state index contributed by atoms with van der Waals surface area (Å²) in [6, 6.07) is 10.3. The van der Waals surface area contributed by atoms with Crippen molar-refractivity contribution in [3.8, 4) is 16.9 Å². The Kier molecular flexibility index (Phi) is 7.05. The molecular formula is C31H35N3O7. The first-order valence-corrected chi connectivity index (χ1v) is 13.6. The number of amides is 1. The number of Topliss-reactive ketones (excluding diaryl/α,β-unsaturated/α-hetero) is 2. The van der Waals surface area contributed by atoms with Gasteiger partial charge in [-0.05, 0) is 67.2 Å². The fourth-order valence-electron chi connectivity index (χ4n) is 6.69. The van der Waals surface area contributed by atoms with Crippen molar-refractivity contribution in [1.82, 2.24) is 10.2 Å². The molecule has 0 radical (unpaired) electrons. The third kappa shape index (κ3) is 4.34. The largest absolute Gasteiger partial charge is 0.510 e. The number of fused-ring (bicyclic) bond motifs is 3. The monoisotopic (exact) mass is 561 g/mol. The maximum atomic E-state index is 14.0. The van der Waals surface area contributed by atoms with E-state index in [1.54, 1.807) is 20.2 Å². The second kappa shape index (κ2) is 10.1. The van der Waals surface area contributed by atoms with Crippen LogP contribution in [-0.4, -0.2) is 74.6 Å². The lowest BCUT2D eigenvalue weighted by Crippen LogP contribution is -2.63. The van der Waals surface area contributed by atoms with Crippen LogP contribution in [0, 0.1) is 11.8 Å². The summed E-state index contributed by atoms with van der Waals surface area (Å²) < 4.78 is 0. The first kappa shape index (κ1) is 28.5. The number of carbonyl (C=O) groups excluding carboxylic acids is 3. The van der Waals surface area contributed by atoms with E-state index >= 15 is 0 Å². The molecule has 0 heterocycles. The Hall–Kier alpha value is -3.99. The van der Waals surface area contributed by atoms with E-state index in [2.05, 4.69) is 19.2 Å². The van der Waals surface area contributed by atoms with Gasteiger partial charge in [0, 0.05) is 24.1 Å². The molecule has 216 valence electrons. The van der Waals surface area contributed by atoms with Gasteiger partial charge in [0.1, 0.15) is 22.8 Å². The Morgan fingerprint density at radius 1 is 1.15 bits per heavy atom. The van der Waals surface area contributed by atoms with Crippen LogP contribution in [0.15, 0.2) is 59.1 Å². The molecule has 7 N–H and O–H groups in total. The maximum absolute atomic E-state index is 14.0. The molecule has 0 bridgehead atoms. The van der Waals surface area contributed by atoms with Crippen molar-refractivity contribution >= 4 is 17.5 Å². The molecule has 0 unspecified atom stereocenters. The lowest BCUT2D eigenvalue weighted by Gasteiger charge is -2.50. The highest BCUT2D eigenvalue weighted by molar-refractivity contribution is 6.24. The number of likely N-dealkylation sites (N-methyl/N-ethyl adjacent to an activating group) is 1. The number of benzene rings is 2. The van der Waals surface area contributed by atoms with E-state index in [9.17, 15) is 34.8 Å². The third-order valence-electron chi connectivity index (χ3n) is 8.56. The van der Waals surface area contributed by atoms with Crippen molar-refractivity contribution < 1.29 is 34.8 Å².